The van der Waals surface area contributed by atoms with Gasteiger partial charge in [0.2, 0.25) is 11.8 Å². The third-order valence-corrected chi connectivity index (χ3v) is 6.03. The number of carbonyl (C=O) groups is 2. The lowest BCUT2D eigenvalue weighted by Crippen LogP contribution is -2.49. The van der Waals surface area contributed by atoms with Crippen molar-refractivity contribution in [1.29, 1.82) is 0 Å². The predicted molar refractivity (Wildman–Crippen MR) is 92.5 cm³/mol. The van der Waals surface area contributed by atoms with Crippen molar-refractivity contribution in [1.82, 2.24) is 10.2 Å². The molecule has 1 aromatic rings. The summed E-state index contributed by atoms with van der Waals surface area (Å²) in [5, 5.41) is 3.80. The van der Waals surface area contributed by atoms with E-state index in [-0.39, 0.29) is 17.9 Å². The van der Waals surface area contributed by atoms with Crippen LogP contribution in [0.2, 0.25) is 0 Å². The number of likely N-dealkylation sites (tertiary alicyclic amines) is 1. The summed E-state index contributed by atoms with van der Waals surface area (Å²) in [6, 6.07) is 12.1. The Balaban J connectivity index is 1.22. The number of imide groups is 1. The molecule has 4 heteroatoms. The Bertz CT molecular complexity index is 585. The Morgan fingerprint density at radius 1 is 0.833 bits per heavy atom. The molecule has 3 fully saturated rings. The average molecular weight is 326 g/mol. The van der Waals surface area contributed by atoms with Gasteiger partial charge in [0.25, 0.3) is 0 Å². The lowest BCUT2D eigenvalue weighted by molar-refractivity contribution is -0.141. The number of amides is 2. The van der Waals surface area contributed by atoms with Gasteiger partial charge >= 0.3 is 0 Å². The SMILES string of the molecule is O=C1CCC(=O)N1C1CCC(NC2CC(c3ccccc3)C2)CC1. The fourth-order valence-electron chi connectivity index (χ4n) is 4.59. The molecule has 0 bridgehead atoms. The number of rotatable bonds is 4. The Morgan fingerprint density at radius 3 is 2.08 bits per heavy atom. The third kappa shape index (κ3) is 3.12. The molecule has 0 radical (unpaired) electrons. The van der Waals surface area contributed by atoms with Crippen molar-refractivity contribution in [2.24, 2.45) is 0 Å². The first-order valence-electron chi connectivity index (χ1n) is 9.36. The number of nitrogens with one attached hydrogen (secondary N) is 1. The first kappa shape index (κ1) is 15.8. The molecule has 4 rings (SSSR count). The fraction of sp³-hybridized carbons (Fsp3) is 0.600. The molecular formula is C20H26N2O2. The van der Waals surface area contributed by atoms with E-state index in [9.17, 15) is 9.59 Å². The van der Waals surface area contributed by atoms with Crippen molar-refractivity contribution in [2.45, 2.75) is 75.4 Å². The zero-order valence-corrected chi connectivity index (χ0v) is 14.1. The van der Waals surface area contributed by atoms with Crippen LogP contribution in [0.3, 0.4) is 0 Å². The number of hydrogen-bond donors (Lipinski definition) is 1. The van der Waals surface area contributed by atoms with Gasteiger partial charge in [0.15, 0.2) is 0 Å². The van der Waals surface area contributed by atoms with Gasteiger partial charge in [-0.05, 0) is 50.0 Å². The molecule has 1 aliphatic heterocycles. The van der Waals surface area contributed by atoms with Gasteiger partial charge in [-0.25, -0.2) is 0 Å². The summed E-state index contributed by atoms with van der Waals surface area (Å²) in [7, 11) is 0. The highest BCUT2D eigenvalue weighted by Crippen LogP contribution is 2.38. The quantitative estimate of drug-likeness (QED) is 0.866. The Labute approximate surface area is 143 Å². The van der Waals surface area contributed by atoms with Crippen molar-refractivity contribution in [2.75, 3.05) is 0 Å². The van der Waals surface area contributed by atoms with E-state index in [1.807, 2.05) is 0 Å². The van der Waals surface area contributed by atoms with Gasteiger partial charge in [-0.15, -0.1) is 0 Å². The summed E-state index contributed by atoms with van der Waals surface area (Å²) in [5.74, 6) is 0.794. The maximum Gasteiger partial charge on any atom is 0.229 e. The zero-order valence-electron chi connectivity index (χ0n) is 14.1. The maximum atomic E-state index is 11.9. The highest BCUT2D eigenvalue weighted by atomic mass is 16.2. The van der Waals surface area contributed by atoms with Crippen LogP contribution in [0, 0.1) is 0 Å². The largest absolute Gasteiger partial charge is 0.311 e. The lowest BCUT2D eigenvalue weighted by atomic mass is 9.75. The van der Waals surface area contributed by atoms with Crippen LogP contribution in [0.15, 0.2) is 30.3 Å². The van der Waals surface area contributed by atoms with Crippen LogP contribution >= 0.6 is 0 Å². The molecule has 1 N–H and O–H groups in total. The van der Waals surface area contributed by atoms with Crippen LogP contribution in [-0.4, -0.2) is 34.8 Å². The zero-order chi connectivity index (χ0) is 16.5. The van der Waals surface area contributed by atoms with Gasteiger partial charge in [-0.3, -0.25) is 14.5 Å². The molecule has 1 saturated heterocycles. The molecule has 1 heterocycles. The van der Waals surface area contributed by atoms with Gasteiger partial charge in [-0.1, -0.05) is 30.3 Å². The van der Waals surface area contributed by atoms with Crippen LogP contribution in [0.5, 0.6) is 0 Å². The molecule has 1 aromatic carbocycles. The highest BCUT2D eigenvalue weighted by molar-refractivity contribution is 6.02. The number of benzene rings is 1. The first-order chi connectivity index (χ1) is 11.7. The minimum atomic E-state index is 0.0427. The van der Waals surface area contributed by atoms with E-state index in [0.717, 1.165) is 25.7 Å². The van der Waals surface area contributed by atoms with E-state index in [2.05, 4.69) is 35.6 Å². The fourth-order valence-corrected chi connectivity index (χ4v) is 4.59. The number of hydrogen-bond acceptors (Lipinski definition) is 3. The van der Waals surface area contributed by atoms with E-state index < -0.39 is 0 Å². The Hall–Kier alpha value is -1.68. The summed E-state index contributed by atoms with van der Waals surface area (Å²) in [5.41, 5.74) is 1.46. The number of carbonyl (C=O) groups excluding carboxylic acids is 2. The van der Waals surface area contributed by atoms with Gasteiger partial charge in [0.1, 0.15) is 0 Å². The predicted octanol–water partition coefficient (Wildman–Crippen LogP) is 2.98. The molecule has 24 heavy (non-hydrogen) atoms. The topological polar surface area (TPSA) is 49.4 Å². The molecule has 0 aromatic heterocycles. The normalized spacial score (nSPS) is 33.6. The molecule has 0 unspecified atom stereocenters. The molecule has 2 saturated carbocycles. The molecule has 4 nitrogen and oxygen atoms in total. The second-order valence-corrected chi connectivity index (χ2v) is 7.61. The summed E-state index contributed by atoms with van der Waals surface area (Å²) in [4.78, 5) is 25.3. The third-order valence-electron chi connectivity index (χ3n) is 6.03. The van der Waals surface area contributed by atoms with Crippen molar-refractivity contribution in [3.63, 3.8) is 0 Å². The summed E-state index contributed by atoms with van der Waals surface area (Å²) in [6.45, 7) is 0. The molecule has 0 atom stereocenters. The Kier molecular flexibility index (Phi) is 4.40. The summed E-state index contributed by atoms with van der Waals surface area (Å²) in [6.07, 6.45) is 7.37. The highest BCUT2D eigenvalue weighted by Gasteiger charge is 2.38. The second-order valence-electron chi connectivity index (χ2n) is 7.61. The van der Waals surface area contributed by atoms with Gasteiger partial charge < -0.3 is 5.32 Å². The van der Waals surface area contributed by atoms with E-state index in [1.54, 1.807) is 4.90 Å². The molecule has 3 aliphatic rings. The second kappa shape index (κ2) is 6.67. The van der Waals surface area contributed by atoms with Gasteiger partial charge in [0.05, 0.1) is 0 Å². The maximum absolute atomic E-state index is 11.9. The number of nitrogens with zero attached hydrogens (tertiary/aromatic N) is 1. The van der Waals surface area contributed by atoms with E-state index >= 15 is 0 Å². The van der Waals surface area contributed by atoms with Gasteiger partial charge in [-0.2, -0.15) is 0 Å². The van der Waals surface area contributed by atoms with Crippen LogP contribution < -0.4 is 5.32 Å². The van der Waals surface area contributed by atoms with Crippen molar-refractivity contribution < 1.29 is 9.59 Å². The minimum absolute atomic E-state index is 0.0427. The molecular weight excluding hydrogens is 300 g/mol. The van der Waals surface area contributed by atoms with Crippen LogP contribution in [-0.2, 0) is 9.59 Å². The van der Waals surface area contributed by atoms with Gasteiger partial charge in [0, 0.05) is 31.0 Å². The molecule has 2 aliphatic carbocycles. The average Bonchev–Trinajstić information content (AvgIpc) is 2.91. The molecule has 2 amide bonds. The lowest BCUT2D eigenvalue weighted by Gasteiger charge is -2.41. The van der Waals surface area contributed by atoms with Crippen LogP contribution in [0.4, 0.5) is 0 Å². The summed E-state index contributed by atoms with van der Waals surface area (Å²) >= 11 is 0. The molecule has 0 spiro atoms. The van der Waals surface area contributed by atoms with E-state index in [1.165, 1.54) is 18.4 Å². The standard InChI is InChI=1S/C20H26N2O2/c23-19-10-11-20(24)22(19)18-8-6-16(7-9-18)21-17-12-15(13-17)14-4-2-1-3-5-14/h1-5,15-18,21H,6-13H2. The first-order valence-corrected chi connectivity index (χ1v) is 9.36. The Morgan fingerprint density at radius 2 is 1.46 bits per heavy atom. The van der Waals surface area contributed by atoms with Crippen molar-refractivity contribution in [3.05, 3.63) is 35.9 Å². The minimum Gasteiger partial charge on any atom is -0.311 e. The van der Waals surface area contributed by atoms with E-state index in [0.29, 0.717) is 30.8 Å². The monoisotopic (exact) mass is 326 g/mol. The smallest absolute Gasteiger partial charge is 0.229 e. The van der Waals surface area contributed by atoms with E-state index in [4.69, 9.17) is 0 Å². The van der Waals surface area contributed by atoms with Crippen LogP contribution in [0.25, 0.3) is 0 Å². The van der Waals surface area contributed by atoms with Crippen molar-refractivity contribution in [3.8, 4) is 0 Å². The van der Waals surface area contributed by atoms with Crippen molar-refractivity contribution >= 4 is 11.8 Å². The molecule has 128 valence electrons. The van der Waals surface area contributed by atoms with Crippen LogP contribution in [0.1, 0.15) is 62.8 Å². The summed E-state index contributed by atoms with van der Waals surface area (Å²) < 4.78 is 0.